The first-order chi connectivity index (χ1) is 14.4. The van der Waals surface area contributed by atoms with E-state index in [0.717, 1.165) is 5.69 Å². The molecule has 1 heteroatoms. The summed E-state index contributed by atoms with van der Waals surface area (Å²) in [5, 5.41) is 0. The average molecular weight is 390 g/mol. The van der Waals surface area contributed by atoms with E-state index in [0.29, 0.717) is 0 Å². The molecule has 4 aromatic rings. The van der Waals surface area contributed by atoms with Gasteiger partial charge in [-0.2, -0.15) is 0 Å². The molecule has 0 heterocycles. The summed E-state index contributed by atoms with van der Waals surface area (Å²) in [6.45, 7) is 8.98. The highest BCUT2D eigenvalue weighted by molar-refractivity contribution is 5.93. The van der Waals surface area contributed by atoms with E-state index in [1.165, 1.54) is 55.6 Å². The second-order valence-corrected chi connectivity index (χ2v) is 8.95. The van der Waals surface area contributed by atoms with Crippen LogP contribution in [0.1, 0.15) is 36.1 Å². The number of nitrogen functional groups attached to an aromatic ring is 1. The molecular formula is C29H27N. The van der Waals surface area contributed by atoms with Crippen LogP contribution < -0.4 is 5.73 Å². The number of aryl methyl sites for hydroxylation is 1. The molecule has 1 nitrogen and oxygen atoms in total. The molecule has 148 valence electrons. The molecule has 2 N–H and O–H groups in total. The molecule has 0 radical (unpaired) electrons. The van der Waals surface area contributed by atoms with E-state index in [1.807, 2.05) is 0 Å². The van der Waals surface area contributed by atoms with E-state index in [1.54, 1.807) is 0 Å². The Kier molecular flexibility index (Phi) is 4.11. The quantitative estimate of drug-likeness (QED) is 0.352. The third kappa shape index (κ3) is 2.62. The standard InChI is InChI=1S/C29H27N/c1-18-8-7-10-22(19(18)2)20-12-14-21(15-13-20)27-26(30)17-16-24-23-9-5-6-11-25(23)29(3,4)28(24)27/h5-17H,30H2,1-4H3. The Hall–Kier alpha value is -3.32. The van der Waals surface area contributed by atoms with E-state index < -0.39 is 0 Å². The van der Waals surface area contributed by atoms with E-state index in [2.05, 4.69) is 107 Å². The van der Waals surface area contributed by atoms with Crippen molar-refractivity contribution in [1.29, 1.82) is 0 Å². The van der Waals surface area contributed by atoms with Crippen LogP contribution in [0.25, 0.3) is 33.4 Å². The van der Waals surface area contributed by atoms with Crippen molar-refractivity contribution in [3.63, 3.8) is 0 Å². The van der Waals surface area contributed by atoms with Crippen molar-refractivity contribution in [2.45, 2.75) is 33.1 Å². The van der Waals surface area contributed by atoms with E-state index in [9.17, 15) is 0 Å². The molecule has 30 heavy (non-hydrogen) atoms. The number of nitrogens with two attached hydrogens (primary N) is 1. The van der Waals surface area contributed by atoms with E-state index >= 15 is 0 Å². The molecule has 5 rings (SSSR count). The van der Waals surface area contributed by atoms with Crippen molar-refractivity contribution in [1.82, 2.24) is 0 Å². The first kappa shape index (κ1) is 18.7. The second-order valence-electron chi connectivity index (χ2n) is 8.95. The summed E-state index contributed by atoms with van der Waals surface area (Å²) < 4.78 is 0. The van der Waals surface area contributed by atoms with Crippen molar-refractivity contribution < 1.29 is 0 Å². The lowest BCUT2D eigenvalue weighted by Crippen LogP contribution is -2.17. The predicted molar refractivity (Wildman–Crippen MR) is 129 cm³/mol. The SMILES string of the molecule is Cc1cccc(-c2ccc(-c3c(N)ccc4c3C(C)(C)c3ccccc3-4)cc2)c1C. The number of benzene rings is 4. The third-order valence-corrected chi connectivity index (χ3v) is 6.84. The lowest BCUT2D eigenvalue weighted by atomic mass is 9.78. The third-order valence-electron chi connectivity index (χ3n) is 6.84. The molecule has 0 bridgehead atoms. The fraction of sp³-hybridized carbons (Fsp3) is 0.172. The Morgan fingerprint density at radius 3 is 2.07 bits per heavy atom. The second kappa shape index (κ2) is 6.60. The topological polar surface area (TPSA) is 26.0 Å². The van der Waals surface area contributed by atoms with Gasteiger partial charge in [0.25, 0.3) is 0 Å². The Bertz CT molecular complexity index is 1280. The van der Waals surface area contributed by atoms with Gasteiger partial charge in [0, 0.05) is 16.7 Å². The van der Waals surface area contributed by atoms with Gasteiger partial charge >= 0.3 is 0 Å². The first-order valence-electron chi connectivity index (χ1n) is 10.6. The van der Waals surface area contributed by atoms with Gasteiger partial charge in [0.1, 0.15) is 0 Å². The Morgan fingerprint density at radius 1 is 0.633 bits per heavy atom. The monoisotopic (exact) mass is 389 g/mol. The zero-order chi connectivity index (χ0) is 21.0. The molecule has 0 saturated carbocycles. The highest BCUT2D eigenvalue weighted by Crippen LogP contribution is 2.53. The van der Waals surface area contributed by atoms with Crippen molar-refractivity contribution in [3.05, 3.63) is 101 Å². The molecule has 4 aromatic carbocycles. The summed E-state index contributed by atoms with van der Waals surface area (Å²) in [6, 6.07) is 28.4. The van der Waals surface area contributed by atoms with Gasteiger partial charge in [-0.1, -0.05) is 86.6 Å². The number of fused-ring (bicyclic) bond motifs is 3. The van der Waals surface area contributed by atoms with Crippen LogP contribution in [0, 0.1) is 13.8 Å². The van der Waals surface area contributed by atoms with Gasteiger partial charge in [-0.25, -0.2) is 0 Å². The zero-order valence-corrected chi connectivity index (χ0v) is 18.1. The number of hydrogen-bond donors (Lipinski definition) is 1. The molecule has 0 fully saturated rings. The van der Waals surface area contributed by atoms with Gasteiger partial charge in [0.2, 0.25) is 0 Å². The molecule has 0 aliphatic heterocycles. The minimum atomic E-state index is -0.0809. The number of rotatable bonds is 2. The number of anilines is 1. The van der Waals surface area contributed by atoms with Crippen LogP contribution in [0.5, 0.6) is 0 Å². The highest BCUT2D eigenvalue weighted by atomic mass is 14.6. The lowest BCUT2D eigenvalue weighted by molar-refractivity contribution is 0.662. The van der Waals surface area contributed by atoms with E-state index in [4.69, 9.17) is 5.73 Å². The highest BCUT2D eigenvalue weighted by Gasteiger charge is 2.38. The van der Waals surface area contributed by atoms with Gasteiger partial charge in [0.05, 0.1) is 0 Å². The summed E-state index contributed by atoms with van der Waals surface area (Å²) in [6.07, 6.45) is 0. The minimum Gasteiger partial charge on any atom is -0.398 e. The van der Waals surface area contributed by atoms with Crippen molar-refractivity contribution >= 4 is 5.69 Å². The van der Waals surface area contributed by atoms with Gasteiger partial charge in [-0.15, -0.1) is 0 Å². The van der Waals surface area contributed by atoms with Crippen LogP contribution >= 0.6 is 0 Å². The van der Waals surface area contributed by atoms with Crippen molar-refractivity contribution in [3.8, 4) is 33.4 Å². The number of hydrogen-bond acceptors (Lipinski definition) is 1. The fourth-order valence-corrected chi connectivity index (χ4v) is 5.08. The Morgan fingerprint density at radius 2 is 1.30 bits per heavy atom. The Labute approximate surface area is 179 Å². The molecule has 0 unspecified atom stereocenters. The van der Waals surface area contributed by atoms with Gasteiger partial charge in [-0.3, -0.25) is 0 Å². The van der Waals surface area contributed by atoms with Gasteiger partial charge < -0.3 is 5.73 Å². The van der Waals surface area contributed by atoms with E-state index in [-0.39, 0.29) is 5.41 Å². The normalized spacial score (nSPS) is 13.7. The summed E-state index contributed by atoms with van der Waals surface area (Å²) >= 11 is 0. The minimum absolute atomic E-state index is 0.0809. The summed E-state index contributed by atoms with van der Waals surface area (Å²) in [4.78, 5) is 0. The molecular weight excluding hydrogens is 362 g/mol. The lowest BCUT2D eigenvalue weighted by Gasteiger charge is -2.25. The van der Waals surface area contributed by atoms with Crippen LogP contribution in [-0.2, 0) is 5.41 Å². The maximum absolute atomic E-state index is 6.57. The van der Waals surface area contributed by atoms with Gasteiger partial charge in [-0.05, 0) is 70.0 Å². The molecule has 0 spiro atoms. The van der Waals surface area contributed by atoms with Crippen LogP contribution in [0.3, 0.4) is 0 Å². The molecule has 1 aliphatic carbocycles. The average Bonchev–Trinajstić information content (AvgIpc) is 2.98. The largest absolute Gasteiger partial charge is 0.398 e. The maximum atomic E-state index is 6.57. The predicted octanol–water partition coefficient (Wildman–Crippen LogP) is 7.53. The van der Waals surface area contributed by atoms with Gasteiger partial charge in [0.15, 0.2) is 0 Å². The van der Waals surface area contributed by atoms with Crippen LogP contribution in [0.15, 0.2) is 78.9 Å². The molecule has 1 aliphatic rings. The van der Waals surface area contributed by atoms with Crippen molar-refractivity contribution in [2.24, 2.45) is 0 Å². The maximum Gasteiger partial charge on any atom is 0.0397 e. The van der Waals surface area contributed by atoms with Crippen LogP contribution in [0.4, 0.5) is 5.69 Å². The Balaban J connectivity index is 1.67. The molecule has 0 atom stereocenters. The summed E-state index contributed by atoms with van der Waals surface area (Å²) in [5.74, 6) is 0. The summed E-state index contributed by atoms with van der Waals surface area (Å²) in [5.41, 5.74) is 20.2. The molecule has 0 aromatic heterocycles. The zero-order valence-electron chi connectivity index (χ0n) is 18.1. The fourth-order valence-electron chi connectivity index (χ4n) is 5.08. The molecule has 0 saturated heterocycles. The smallest absolute Gasteiger partial charge is 0.0397 e. The molecule has 0 amide bonds. The first-order valence-corrected chi connectivity index (χ1v) is 10.6. The van der Waals surface area contributed by atoms with Crippen LogP contribution in [0.2, 0.25) is 0 Å². The summed E-state index contributed by atoms with van der Waals surface area (Å²) in [7, 11) is 0. The van der Waals surface area contributed by atoms with Crippen molar-refractivity contribution in [2.75, 3.05) is 5.73 Å². The van der Waals surface area contributed by atoms with Crippen LogP contribution in [-0.4, -0.2) is 0 Å².